The van der Waals surface area contributed by atoms with Crippen LogP contribution in [-0.4, -0.2) is 7.05 Å². The van der Waals surface area contributed by atoms with Gasteiger partial charge in [0.15, 0.2) is 0 Å². The van der Waals surface area contributed by atoms with E-state index in [-0.39, 0.29) is 0 Å². The van der Waals surface area contributed by atoms with Gasteiger partial charge in [0.2, 0.25) is 0 Å². The third-order valence-electron chi connectivity index (χ3n) is 2.65. The minimum Gasteiger partial charge on any atom is -0.355 e. The molecule has 0 saturated carbocycles. The van der Waals surface area contributed by atoms with Crippen molar-refractivity contribution in [3.63, 3.8) is 0 Å². The van der Waals surface area contributed by atoms with Gasteiger partial charge in [-0.05, 0) is 77.4 Å². The summed E-state index contributed by atoms with van der Waals surface area (Å²) in [6, 6.07) is 10.6. The van der Waals surface area contributed by atoms with E-state index in [1.165, 1.54) is 24.1 Å². The summed E-state index contributed by atoms with van der Waals surface area (Å²) in [4.78, 5) is 1.03. The van der Waals surface area contributed by atoms with Gasteiger partial charge < -0.3 is 5.32 Å². The van der Waals surface area contributed by atoms with Crippen LogP contribution in [0.15, 0.2) is 51.8 Å². The summed E-state index contributed by atoms with van der Waals surface area (Å²) < 4.78 is 41.3. The molecule has 2 aromatic carbocycles. The molecule has 2 N–H and O–H groups in total. The Morgan fingerprint density at radius 1 is 1.05 bits per heavy atom. The van der Waals surface area contributed by atoms with Crippen LogP contribution in [-0.2, 0) is 6.18 Å². The molecule has 0 unspecified atom stereocenters. The number of rotatable bonds is 4. The number of alkyl halides is 3. The van der Waals surface area contributed by atoms with Gasteiger partial charge >= 0.3 is 6.18 Å². The molecule has 0 atom stereocenters. The van der Waals surface area contributed by atoms with Crippen LogP contribution in [0.5, 0.6) is 0 Å². The highest BCUT2D eigenvalue weighted by Gasteiger charge is 2.29. The lowest BCUT2D eigenvalue weighted by Crippen LogP contribution is -2.04. The van der Waals surface area contributed by atoms with Gasteiger partial charge in [0.25, 0.3) is 0 Å². The van der Waals surface area contributed by atoms with Crippen molar-refractivity contribution in [3.05, 3.63) is 52.5 Å². The Morgan fingerprint density at radius 2 is 1.71 bits per heavy atom. The maximum atomic E-state index is 12.5. The van der Waals surface area contributed by atoms with Gasteiger partial charge in [0.1, 0.15) is 0 Å². The van der Waals surface area contributed by atoms with E-state index in [0.717, 1.165) is 27.2 Å². The summed E-state index contributed by atoms with van der Waals surface area (Å²) >= 11 is 4.91. The number of halogens is 4. The maximum Gasteiger partial charge on any atom is 0.416 e. The Kier molecular flexibility index (Phi) is 5.18. The van der Waals surface area contributed by atoms with Gasteiger partial charge in [-0.25, -0.2) is 0 Å². The van der Waals surface area contributed by atoms with Crippen LogP contribution < -0.4 is 10.0 Å². The lowest BCUT2D eigenvalue weighted by molar-refractivity contribution is -0.137. The van der Waals surface area contributed by atoms with Crippen molar-refractivity contribution in [1.29, 1.82) is 0 Å². The topological polar surface area (TPSA) is 24.1 Å². The highest BCUT2D eigenvalue weighted by molar-refractivity contribution is 9.10. The third kappa shape index (κ3) is 4.39. The zero-order valence-electron chi connectivity index (χ0n) is 11.0. The van der Waals surface area contributed by atoms with Gasteiger partial charge in [-0.1, -0.05) is 0 Å². The van der Waals surface area contributed by atoms with E-state index in [1.807, 2.05) is 25.2 Å². The van der Waals surface area contributed by atoms with E-state index >= 15 is 0 Å². The van der Waals surface area contributed by atoms with E-state index < -0.39 is 11.7 Å². The molecule has 112 valence electrons. The van der Waals surface area contributed by atoms with Crippen LogP contribution in [0.2, 0.25) is 0 Å². The number of hydrogen-bond donors (Lipinski definition) is 2. The van der Waals surface area contributed by atoms with E-state index in [9.17, 15) is 13.2 Å². The maximum absolute atomic E-state index is 12.5. The molecular weight excluding hydrogens is 365 g/mol. The molecule has 0 saturated heterocycles. The number of hydrogen-bond acceptors (Lipinski definition) is 3. The van der Waals surface area contributed by atoms with Crippen molar-refractivity contribution >= 4 is 39.3 Å². The fraction of sp³-hybridized carbons (Fsp3) is 0.143. The lowest BCUT2D eigenvalue weighted by atomic mass is 10.2. The highest BCUT2D eigenvalue weighted by Crippen LogP contribution is 2.32. The minimum atomic E-state index is -4.31. The molecule has 0 aliphatic heterocycles. The predicted molar refractivity (Wildman–Crippen MR) is 83.8 cm³/mol. The summed E-state index contributed by atoms with van der Waals surface area (Å²) in [7, 11) is 1.83. The molecule has 0 aromatic heterocycles. The number of anilines is 2. The average molecular weight is 377 g/mol. The van der Waals surface area contributed by atoms with Gasteiger partial charge in [0.05, 0.1) is 11.3 Å². The zero-order chi connectivity index (χ0) is 15.5. The molecule has 0 heterocycles. The molecule has 2 rings (SSSR count). The number of nitrogens with one attached hydrogen (secondary N) is 2. The van der Waals surface area contributed by atoms with E-state index in [1.54, 1.807) is 0 Å². The van der Waals surface area contributed by atoms with Crippen molar-refractivity contribution in [3.8, 4) is 0 Å². The molecule has 0 fully saturated rings. The molecule has 0 bridgehead atoms. The smallest absolute Gasteiger partial charge is 0.355 e. The third-order valence-corrected chi connectivity index (χ3v) is 4.00. The van der Waals surface area contributed by atoms with Gasteiger partial charge in [-0.3, -0.25) is 4.72 Å². The predicted octanol–water partition coefficient (Wildman–Crippen LogP) is 5.44. The van der Waals surface area contributed by atoms with Crippen LogP contribution in [0.1, 0.15) is 5.56 Å². The molecule has 21 heavy (non-hydrogen) atoms. The van der Waals surface area contributed by atoms with Gasteiger partial charge in [-0.15, -0.1) is 0 Å². The second kappa shape index (κ2) is 6.72. The monoisotopic (exact) mass is 376 g/mol. The van der Waals surface area contributed by atoms with Crippen LogP contribution in [0, 0.1) is 0 Å². The molecule has 0 spiro atoms. The van der Waals surface area contributed by atoms with Crippen LogP contribution >= 0.6 is 27.9 Å². The van der Waals surface area contributed by atoms with Crippen LogP contribution in [0.3, 0.4) is 0 Å². The summed E-state index contributed by atoms with van der Waals surface area (Å²) in [5.41, 5.74) is 0.723. The second-order valence-electron chi connectivity index (χ2n) is 4.15. The second-order valence-corrected chi connectivity index (χ2v) is 6.09. The Labute approximate surface area is 133 Å². The quantitative estimate of drug-likeness (QED) is 0.694. The number of benzene rings is 2. The van der Waals surface area contributed by atoms with Crippen molar-refractivity contribution in [1.82, 2.24) is 4.72 Å². The first-order chi connectivity index (χ1) is 9.90. The molecule has 0 amide bonds. The van der Waals surface area contributed by atoms with Crippen molar-refractivity contribution in [2.75, 3.05) is 12.4 Å². The summed E-state index contributed by atoms with van der Waals surface area (Å²) in [5.74, 6) is 0. The Morgan fingerprint density at radius 3 is 2.24 bits per heavy atom. The van der Waals surface area contributed by atoms with E-state index in [2.05, 4.69) is 26.0 Å². The highest BCUT2D eigenvalue weighted by atomic mass is 79.9. The molecule has 7 heteroatoms. The Bertz CT molecular complexity index is 615. The first kappa shape index (κ1) is 16.2. The normalized spacial score (nSPS) is 11.5. The first-order valence-corrected chi connectivity index (χ1v) is 7.58. The Hall–Kier alpha value is -1.18. The minimum absolute atomic E-state index is 0.595. The largest absolute Gasteiger partial charge is 0.416 e. The van der Waals surface area contributed by atoms with Gasteiger partial charge in [0, 0.05) is 15.1 Å². The fourth-order valence-corrected chi connectivity index (χ4v) is 2.85. The summed E-state index contributed by atoms with van der Waals surface area (Å²) in [5, 5.41) is 3.08. The average Bonchev–Trinajstić information content (AvgIpc) is 2.42. The van der Waals surface area contributed by atoms with Crippen molar-refractivity contribution in [2.45, 2.75) is 11.1 Å². The van der Waals surface area contributed by atoms with E-state index in [4.69, 9.17) is 0 Å². The molecular formula is C14H12BrF3N2S. The fourth-order valence-electron chi connectivity index (χ4n) is 1.68. The molecule has 2 nitrogen and oxygen atoms in total. The summed E-state index contributed by atoms with van der Waals surface area (Å²) in [6.07, 6.45) is -4.31. The molecule has 0 aliphatic rings. The molecule has 2 aromatic rings. The van der Waals surface area contributed by atoms with Gasteiger partial charge in [-0.2, -0.15) is 13.2 Å². The lowest BCUT2D eigenvalue weighted by Gasteiger charge is -2.11. The van der Waals surface area contributed by atoms with E-state index in [0.29, 0.717) is 5.69 Å². The van der Waals surface area contributed by atoms with Crippen molar-refractivity contribution < 1.29 is 13.2 Å². The molecule has 0 aliphatic carbocycles. The first-order valence-electron chi connectivity index (χ1n) is 5.97. The SMILES string of the molecule is CNSc1ccc(Nc2ccc(C(F)(F)F)cc2)c(Br)c1. The Balaban J connectivity index is 2.15. The van der Waals surface area contributed by atoms with Crippen molar-refractivity contribution in [2.24, 2.45) is 0 Å². The molecule has 0 radical (unpaired) electrons. The summed E-state index contributed by atoms with van der Waals surface area (Å²) in [6.45, 7) is 0. The zero-order valence-corrected chi connectivity index (χ0v) is 13.4. The standard InChI is InChI=1S/C14H12BrF3N2S/c1-19-21-11-6-7-13(12(15)8-11)20-10-4-2-9(3-5-10)14(16,17)18/h2-8,19-20H,1H3. The van der Waals surface area contributed by atoms with Crippen LogP contribution in [0.25, 0.3) is 0 Å². The van der Waals surface area contributed by atoms with Crippen LogP contribution in [0.4, 0.5) is 24.5 Å².